The topological polar surface area (TPSA) is 117 Å². The number of epoxide rings is 1. The molecule has 4 rings (SSSR count). The molecule has 3 unspecified atom stereocenters. The minimum Gasteiger partial charge on any atom is -0.393 e. The summed E-state index contributed by atoms with van der Waals surface area (Å²) in [5.74, 6) is -1.27. The monoisotopic (exact) mass is 544 g/mol. The lowest BCUT2D eigenvalue weighted by molar-refractivity contribution is -0.133. The van der Waals surface area contributed by atoms with Crippen LogP contribution in [0.4, 0.5) is 0 Å². The van der Waals surface area contributed by atoms with E-state index in [4.69, 9.17) is 9.47 Å². The largest absolute Gasteiger partial charge is 0.393 e. The second-order valence-corrected chi connectivity index (χ2v) is 10.5. The van der Waals surface area contributed by atoms with Crippen LogP contribution in [0.5, 0.6) is 0 Å². The number of carbonyl (C=O) groups is 3. The predicted molar refractivity (Wildman–Crippen MR) is 151 cm³/mol. The van der Waals surface area contributed by atoms with E-state index < -0.39 is 36.1 Å². The normalized spacial score (nSPS) is 17.6. The first-order chi connectivity index (χ1) is 19.3. The van der Waals surface area contributed by atoms with Gasteiger partial charge in [-0.3, -0.25) is 14.4 Å². The summed E-state index contributed by atoms with van der Waals surface area (Å²) in [6.07, 6.45) is 0.361. The minimum atomic E-state index is -1.27. The molecule has 0 bridgehead atoms. The lowest BCUT2D eigenvalue weighted by Crippen LogP contribution is -2.56. The van der Waals surface area contributed by atoms with Gasteiger partial charge in [0.2, 0.25) is 5.91 Å². The predicted octanol–water partition coefficient (Wildman–Crippen LogP) is 3.53. The van der Waals surface area contributed by atoms with Crippen molar-refractivity contribution in [2.45, 2.75) is 44.6 Å². The minimum absolute atomic E-state index is 0.0897. The number of hydrogen-bond donors (Lipinski definition) is 3. The van der Waals surface area contributed by atoms with Crippen LogP contribution in [0.25, 0.3) is 11.1 Å². The highest BCUT2D eigenvalue weighted by Crippen LogP contribution is 2.30. The van der Waals surface area contributed by atoms with E-state index >= 15 is 0 Å². The van der Waals surface area contributed by atoms with Crippen molar-refractivity contribution in [1.82, 2.24) is 10.6 Å². The fourth-order valence-electron chi connectivity index (χ4n) is 4.46. The standard InChI is InChI=1S/C32H36N2O6/c1-22(2)16-27(29(36)32(20-35)21-40-32)33-31(38)28(19-39-18-23-10-5-3-6-11-23)34-30(37)26-15-9-14-25(17-26)24-12-7-4-8-13-24/h3-15,17,22,27-28,35H,16,18-21H2,1-2H3,(H,33,38)(H,34,37). The third kappa shape index (κ3) is 7.63. The summed E-state index contributed by atoms with van der Waals surface area (Å²) in [5.41, 5.74) is 1.88. The Morgan fingerprint density at radius 1 is 0.900 bits per heavy atom. The highest BCUT2D eigenvalue weighted by atomic mass is 16.6. The molecule has 0 aliphatic carbocycles. The van der Waals surface area contributed by atoms with Gasteiger partial charge in [-0.05, 0) is 41.2 Å². The van der Waals surface area contributed by atoms with Gasteiger partial charge >= 0.3 is 0 Å². The molecule has 3 N–H and O–H groups in total. The number of carbonyl (C=O) groups excluding carboxylic acids is 3. The number of ether oxygens (including phenoxy) is 2. The van der Waals surface area contributed by atoms with Gasteiger partial charge in [-0.1, -0.05) is 86.6 Å². The van der Waals surface area contributed by atoms with E-state index in [2.05, 4.69) is 10.6 Å². The molecule has 1 aliphatic heterocycles. The molecule has 40 heavy (non-hydrogen) atoms. The van der Waals surface area contributed by atoms with Crippen molar-refractivity contribution in [3.8, 4) is 11.1 Å². The molecule has 0 radical (unpaired) electrons. The van der Waals surface area contributed by atoms with Crippen LogP contribution in [0.3, 0.4) is 0 Å². The number of benzene rings is 3. The molecule has 3 atom stereocenters. The molecule has 1 saturated heterocycles. The molecule has 3 aromatic rings. The number of ketones is 1. The quantitative estimate of drug-likeness (QED) is 0.267. The average Bonchev–Trinajstić information content (AvgIpc) is 3.78. The summed E-state index contributed by atoms with van der Waals surface area (Å²) in [6, 6.07) is 24.4. The third-order valence-electron chi connectivity index (χ3n) is 6.79. The van der Waals surface area contributed by atoms with Crippen molar-refractivity contribution < 1.29 is 29.0 Å². The molecule has 210 valence electrons. The zero-order valence-corrected chi connectivity index (χ0v) is 22.8. The van der Waals surface area contributed by atoms with Crippen LogP contribution in [0.2, 0.25) is 0 Å². The molecular formula is C32H36N2O6. The zero-order chi connectivity index (χ0) is 28.5. The molecular weight excluding hydrogens is 508 g/mol. The van der Waals surface area contributed by atoms with Crippen LogP contribution in [0.15, 0.2) is 84.9 Å². The van der Waals surface area contributed by atoms with Gasteiger partial charge in [-0.15, -0.1) is 0 Å². The van der Waals surface area contributed by atoms with Gasteiger partial charge in [0.15, 0.2) is 11.4 Å². The van der Waals surface area contributed by atoms with E-state index in [9.17, 15) is 19.5 Å². The molecule has 0 aromatic heterocycles. The number of Topliss-reactive ketones (excluding diaryl/α,β-unsaturated/α-hetero) is 1. The summed E-state index contributed by atoms with van der Waals surface area (Å²) in [6.45, 7) is 3.69. The van der Waals surface area contributed by atoms with E-state index in [-0.39, 0.29) is 31.5 Å². The molecule has 8 nitrogen and oxygen atoms in total. The molecule has 2 amide bonds. The average molecular weight is 545 g/mol. The third-order valence-corrected chi connectivity index (χ3v) is 6.79. The summed E-state index contributed by atoms with van der Waals surface area (Å²) in [5, 5.41) is 15.3. The van der Waals surface area contributed by atoms with Crippen molar-refractivity contribution in [2.24, 2.45) is 5.92 Å². The Balaban J connectivity index is 1.51. The van der Waals surface area contributed by atoms with Crippen LogP contribution in [0, 0.1) is 5.92 Å². The lowest BCUT2D eigenvalue weighted by Gasteiger charge is -2.25. The fourth-order valence-corrected chi connectivity index (χ4v) is 4.46. The summed E-state index contributed by atoms with van der Waals surface area (Å²) in [7, 11) is 0. The maximum absolute atomic E-state index is 13.5. The van der Waals surface area contributed by atoms with Gasteiger partial charge in [0.05, 0.1) is 32.5 Å². The Kier molecular flexibility index (Phi) is 9.82. The molecule has 1 aliphatic rings. The molecule has 3 aromatic carbocycles. The van der Waals surface area contributed by atoms with Crippen LogP contribution >= 0.6 is 0 Å². The number of nitrogens with one attached hydrogen (secondary N) is 2. The van der Waals surface area contributed by atoms with Crippen molar-refractivity contribution in [1.29, 1.82) is 0 Å². The first-order valence-corrected chi connectivity index (χ1v) is 13.5. The first kappa shape index (κ1) is 29.1. The summed E-state index contributed by atoms with van der Waals surface area (Å²) in [4.78, 5) is 40.0. The van der Waals surface area contributed by atoms with Crippen LogP contribution in [-0.4, -0.2) is 60.2 Å². The molecule has 8 heteroatoms. The van der Waals surface area contributed by atoms with Crippen molar-refractivity contribution in [2.75, 3.05) is 19.8 Å². The van der Waals surface area contributed by atoms with Gasteiger partial charge in [0, 0.05) is 5.56 Å². The molecule has 0 spiro atoms. The van der Waals surface area contributed by atoms with E-state index in [1.54, 1.807) is 18.2 Å². The van der Waals surface area contributed by atoms with E-state index in [0.717, 1.165) is 16.7 Å². The summed E-state index contributed by atoms with van der Waals surface area (Å²) >= 11 is 0. The van der Waals surface area contributed by atoms with Crippen LogP contribution in [-0.2, 0) is 25.7 Å². The van der Waals surface area contributed by atoms with E-state index in [0.29, 0.717) is 12.0 Å². The fraction of sp³-hybridized carbons (Fsp3) is 0.344. The van der Waals surface area contributed by atoms with Gasteiger partial charge in [0.1, 0.15) is 6.04 Å². The second-order valence-electron chi connectivity index (χ2n) is 10.5. The maximum Gasteiger partial charge on any atom is 0.252 e. The highest BCUT2D eigenvalue weighted by molar-refractivity contribution is 6.00. The molecule has 1 fully saturated rings. The van der Waals surface area contributed by atoms with Gasteiger partial charge in [-0.2, -0.15) is 0 Å². The zero-order valence-electron chi connectivity index (χ0n) is 22.8. The maximum atomic E-state index is 13.5. The van der Waals surface area contributed by atoms with Crippen molar-refractivity contribution in [3.05, 3.63) is 96.1 Å². The van der Waals surface area contributed by atoms with Crippen molar-refractivity contribution in [3.63, 3.8) is 0 Å². The number of amides is 2. The Morgan fingerprint density at radius 2 is 1.55 bits per heavy atom. The smallest absolute Gasteiger partial charge is 0.252 e. The number of aliphatic hydroxyl groups excluding tert-OH is 1. The first-order valence-electron chi connectivity index (χ1n) is 13.5. The van der Waals surface area contributed by atoms with E-state index in [1.807, 2.05) is 80.6 Å². The Labute approximate surface area is 234 Å². The summed E-state index contributed by atoms with van der Waals surface area (Å²) < 4.78 is 11.1. The molecule has 0 saturated carbocycles. The second kappa shape index (κ2) is 13.5. The molecule has 1 heterocycles. The van der Waals surface area contributed by atoms with Crippen molar-refractivity contribution >= 4 is 17.6 Å². The number of hydrogen-bond acceptors (Lipinski definition) is 6. The van der Waals surface area contributed by atoms with Gasteiger partial charge in [-0.25, -0.2) is 0 Å². The Morgan fingerprint density at radius 3 is 2.17 bits per heavy atom. The number of aliphatic hydroxyl groups is 1. The SMILES string of the molecule is CC(C)CC(NC(=O)C(COCc1ccccc1)NC(=O)c1cccc(-c2ccccc2)c1)C(=O)C1(CO)CO1. The van der Waals surface area contributed by atoms with Gasteiger partial charge < -0.3 is 25.2 Å². The highest BCUT2D eigenvalue weighted by Gasteiger charge is 2.54. The Hall–Kier alpha value is -3.85. The van der Waals surface area contributed by atoms with Crippen LogP contribution < -0.4 is 10.6 Å². The Bertz CT molecular complexity index is 1290. The lowest BCUT2D eigenvalue weighted by atomic mass is 9.92. The number of rotatable bonds is 14. The van der Waals surface area contributed by atoms with Gasteiger partial charge in [0.25, 0.3) is 5.91 Å². The van der Waals surface area contributed by atoms with E-state index in [1.165, 1.54) is 0 Å². The van der Waals surface area contributed by atoms with Crippen LogP contribution in [0.1, 0.15) is 36.2 Å².